The number of oxime groups is 1. The lowest BCUT2D eigenvalue weighted by molar-refractivity contribution is -0.135. The Labute approximate surface area is 117 Å². The lowest BCUT2D eigenvalue weighted by atomic mass is 9.91. The molecule has 5 nitrogen and oxygen atoms in total. The first-order valence-corrected chi connectivity index (χ1v) is 6.42. The minimum absolute atomic E-state index is 0.0112. The van der Waals surface area contributed by atoms with Crippen molar-refractivity contribution >= 4 is 45.0 Å². The fourth-order valence-electron chi connectivity index (χ4n) is 1.62. The van der Waals surface area contributed by atoms with Crippen molar-refractivity contribution in [3.05, 3.63) is 22.7 Å². The Morgan fingerprint density at radius 3 is 3.06 bits per heavy atom. The smallest absolute Gasteiger partial charge is 0.357 e. The van der Waals surface area contributed by atoms with E-state index >= 15 is 0 Å². The number of nitrogens with zero attached hydrogens (tertiary/aromatic N) is 1. The third-order valence-electron chi connectivity index (χ3n) is 2.53. The fourth-order valence-corrected chi connectivity index (χ4v) is 2.77. The van der Waals surface area contributed by atoms with Gasteiger partial charge in [-0.1, -0.05) is 21.1 Å². The highest BCUT2D eigenvalue weighted by molar-refractivity contribution is 9.11. The van der Waals surface area contributed by atoms with E-state index < -0.39 is 16.9 Å². The summed E-state index contributed by atoms with van der Waals surface area (Å²) in [5.41, 5.74) is -1.15. The first-order chi connectivity index (χ1) is 8.51. The summed E-state index contributed by atoms with van der Waals surface area (Å²) in [6, 6.07) is 0. The summed E-state index contributed by atoms with van der Waals surface area (Å²) in [4.78, 5) is 28.1. The molecular formula is C11H9BrClNO4. The first kappa shape index (κ1) is 13.3. The maximum absolute atomic E-state index is 11.6. The third-order valence-corrected chi connectivity index (χ3v) is 3.91. The van der Waals surface area contributed by atoms with Gasteiger partial charge in [-0.15, -0.1) is 11.6 Å². The zero-order chi connectivity index (χ0) is 13.3. The van der Waals surface area contributed by atoms with Crippen molar-refractivity contribution < 1.29 is 19.2 Å². The Morgan fingerprint density at radius 2 is 2.44 bits per heavy atom. The molecule has 2 atom stereocenters. The normalized spacial score (nSPS) is 29.9. The summed E-state index contributed by atoms with van der Waals surface area (Å²) in [5, 5.41) is 2.81. The van der Waals surface area contributed by atoms with E-state index in [-0.39, 0.29) is 18.1 Å². The third kappa shape index (κ3) is 1.99. The average Bonchev–Trinajstić information content (AvgIpc) is 2.64. The summed E-state index contributed by atoms with van der Waals surface area (Å²) in [7, 11) is 0. The SMILES string of the molecule is CCOC(=O)C1=NO[C@@]2(C=CC(=O)C=C2Br)[C@@H]1Cl. The van der Waals surface area contributed by atoms with Crippen molar-refractivity contribution in [3.8, 4) is 0 Å². The van der Waals surface area contributed by atoms with Crippen LogP contribution >= 0.6 is 27.5 Å². The van der Waals surface area contributed by atoms with Crippen LogP contribution in [0.4, 0.5) is 0 Å². The van der Waals surface area contributed by atoms with Gasteiger partial charge in [0.05, 0.1) is 11.1 Å². The zero-order valence-electron chi connectivity index (χ0n) is 9.35. The predicted molar refractivity (Wildman–Crippen MR) is 68.7 cm³/mol. The molecule has 0 radical (unpaired) electrons. The van der Waals surface area contributed by atoms with Gasteiger partial charge in [0.15, 0.2) is 11.5 Å². The van der Waals surface area contributed by atoms with Crippen LogP contribution in [0, 0.1) is 0 Å². The second kappa shape index (κ2) is 4.85. The number of carbonyl (C=O) groups is 2. The Balaban J connectivity index is 2.27. The van der Waals surface area contributed by atoms with Crippen molar-refractivity contribution in [2.45, 2.75) is 17.9 Å². The van der Waals surface area contributed by atoms with Crippen LogP contribution < -0.4 is 0 Å². The van der Waals surface area contributed by atoms with E-state index in [9.17, 15) is 9.59 Å². The highest BCUT2D eigenvalue weighted by atomic mass is 79.9. The van der Waals surface area contributed by atoms with E-state index in [0.717, 1.165) is 0 Å². The second-order valence-corrected chi connectivity index (χ2v) is 4.96. The number of hydrogen-bond acceptors (Lipinski definition) is 5. The molecule has 96 valence electrons. The number of alkyl halides is 1. The predicted octanol–water partition coefficient (Wildman–Crippen LogP) is 1.70. The fraction of sp³-hybridized carbons (Fsp3) is 0.364. The Bertz CT molecular complexity index is 499. The topological polar surface area (TPSA) is 65.0 Å². The van der Waals surface area contributed by atoms with Crippen LogP contribution in [-0.2, 0) is 19.2 Å². The van der Waals surface area contributed by atoms with Gasteiger partial charge < -0.3 is 9.57 Å². The summed E-state index contributed by atoms with van der Waals surface area (Å²) in [6.45, 7) is 1.90. The zero-order valence-corrected chi connectivity index (χ0v) is 11.7. The maximum Gasteiger partial charge on any atom is 0.357 e. The maximum atomic E-state index is 11.6. The van der Waals surface area contributed by atoms with E-state index in [2.05, 4.69) is 21.1 Å². The molecule has 2 aliphatic rings. The number of ether oxygens (including phenoxy) is 1. The summed E-state index contributed by atoms with van der Waals surface area (Å²) in [6.07, 6.45) is 4.13. The molecule has 0 bridgehead atoms. The molecule has 1 heterocycles. The van der Waals surface area contributed by atoms with Gasteiger partial charge in [-0.3, -0.25) is 4.79 Å². The minimum Gasteiger partial charge on any atom is -0.461 e. The Kier molecular flexibility index (Phi) is 3.59. The molecule has 1 aliphatic carbocycles. The van der Waals surface area contributed by atoms with Gasteiger partial charge in [0.1, 0.15) is 5.38 Å². The molecule has 0 saturated heterocycles. The van der Waals surface area contributed by atoms with Crippen molar-refractivity contribution in [2.75, 3.05) is 6.61 Å². The van der Waals surface area contributed by atoms with Crippen molar-refractivity contribution in [3.63, 3.8) is 0 Å². The molecule has 0 aromatic carbocycles. The van der Waals surface area contributed by atoms with Crippen LogP contribution in [-0.4, -0.2) is 35.0 Å². The molecule has 7 heteroatoms. The Hall–Kier alpha value is -1.14. The van der Waals surface area contributed by atoms with E-state index in [0.29, 0.717) is 4.48 Å². The van der Waals surface area contributed by atoms with Crippen molar-refractivity contribution in [1.29, 1.82) is 0 Å². The van der Waals surface area contributed by atoms with Crippen LogP contribution in [0.2, 0.25) is 0 Å². The van der Waals surface area contributed by atoms with Gasteiger partial charge in [0.25, 0.3) is 0 Å². The standard InChI is InChI=1S/C11H9BrClNO4/c1-2-17-10(16)8-9(13)11(18-14-8)4-3-6(15)5-7(11)12/h3-5,9H,2H2,1H3/t9-,11-/m1/s1. The van der Waals surface area contributed by atoms with Gasteiger partial charge >= 0.3 is 5.97 Å². The summed E-state index contributed by atoms with van der Waals surface area (Å²) >= 11 is 9.42. The number of rotatable bonds is 2. The van der Waals surface area contributed by atoms with E-state index in [1.165, 1.54) is 18.2 Å². The number of carbonyl (C=O) groups excluding carboxylic acids is 2. The number of ketones is 1. The molecule has 1 aliphatic heterocycles. The van der Waals surface area contributed by atoms with Crippen LogP contribution in [0.15, 0.2) is 27.9 Å². The second-order valence-electron chi connectivity index (χ2n) is 3.67. The molecule has 0 unspecified atom stereocenters. The van der Waals surface area contributed by atoms with Gasteiger partial charge in [-0.05, 0) is 19.1 Å². The first-order valence-electron chi connectivity index (χ1n) is 5.19. The highest BCUT2D eigenvalue weighted by Gasteiger charge is 2.52. The molecule has 1 spiro atoms. The lowest BCUT2D eigenvalue weighted by Crippen LogP contribution is -2.42. The minimum atomic E-state index is -1.14. The molecular weight excluding hydrogens is 325 g/mol. The van der Waals surface area contributed by atoms with Gasteiger partial charge in [0.2, 0.25) is 5.60 Å². The van der Waals surface area contributed by atoms with Crippen LogP contribution in [0.25, 0.3) is 0 Å². The molecule has 0 aromatic rings. The molecule has 0 saturated carbocycles. The van der Waals surface area contributed by atoms with Gasteiger partial charge in [-0.25, -0.2) is 4.79 Å². The summed E-state index contributed by atoms with van der Waals surface area (Å²) < 4.78 is 5.25. The molecule has 2 rings (SSSR count). The number of esters is 1. The highest BCUT2D eigenvalue weighted by Crippen LogP contribution is 2.41. The number of halogens is 2. The van der Waals surface area contributed by atoms with E-state index in [1.54, 1.807) is 6.92 Å². The largest absolute Gasteiger partial charge is 0.461 e. The lowest BCUT2D eigenvalue weighted by Gasteiger charge is -2.27. The van der Waals surface area contributed by atoms with E-state index in [4.69, 9.17) is 21.2 Å². The van der Waals surface area contributed by atoms with Crippen molar-refractivity contribution in [2.24, 2.45) is 5.16 Å². The quantitative estimate of drug-likeness (QED) is 0.569. The molecule has 0 amide bonds. The monoisotopic (exact) mass is 333 g/mol. The number of allylic oxidation sites excluding steroid dienone is 2. The molecule has 0 fully saturated rings. The van der Waals surface area contributed by atoms with Crippen LogP contribution in [0.5, 0.6) is 0 Å². The Morgan fingerprint density at radius 1 is 1.72 bits per heavy atom. The average molecular weight is 335 g/mol. The van der Waals surface area contributed by atoms with Crippen LogP contribution in [0.1, 0.15) is 6.92 Å². The molecule has 0 aromatic heterocycles. The number of hydrogen-bond donors (Lipinski definition) is 0. The molecule has 18 heavy (non-hydrogen) atoms. The summed E-state index contributed by atoms with van der Waals surface area (Å²) in [5.74, 6) is -0.815. The van der Waals surface area contributed by atoms with E-state index in [1.807, 2.05) is 0 Å². The van der Waals surface area contributed by atoms with Gasteiger partial charge in [-0.2, -0.15) is 0 Å². The van der Waals surface area contributed by atoms with Crippen LogP contribution in [0.3, 0.4) is 0 Å². The van der Waals surface area contributed by atoms with Gasteiger partial charge in [0, 0.05) is 6.08 Å². The van der Waals surface area contributed by atoms with Crippen molar-refractivity contribution in [1.82, 2.24) is 0 Å². The molecule has 0 N–H and O–H groups in total.